The SMILES string of the molecule is CC(C)(C)OC(=O)N1CCC2(CC1)C[C@@H](CN)O2. The van der Waals surface area contributed by atoms with Crippen LogP contribution in [-0.2, 0) is 9.47 Å². The molecule has 2 fully saturated rings. The van der Waals surface area contributed by atoms with E-state index >= 15 is 0 Å². The third-order valence-electron chi connectivity index (χ3n) is 3.61. The third-order valence-corrected chi connectivity index (χ3v) is 3.61. The number of likely N-dealkylation sites (tertiary alicyclic amines) is 1. The van der Waals surface area contributed by atoms with Gasteiger partial charge in [-0.05, 0) is 33.6 Å². The summed E-state index contributed by atoms with van der Waals surface area (Å²) in [6, 6.07) is 0. The summed E-state index contributed by atoms with van der Waals surface area (Å²) in [6.45, 7) is 7.68. The fraction of sp³-hybridized carbons (Fsp3) is 0.923. The van der Waals surface area contributed by atoms with Gasteiger partial charge in [0.1, 0.15) is 5.60 Å². The first-order valence-corrected chi connectivity index (χ1v) is 6.69. The fourth-order valence-corrected chi connectivity index (χ4v) is 2.64. The molecule has 1 amide bonds. The predicted octanol–water partition coefficient (Wildman–Crippen LogP) is 1.50. The van der Waals surface area contributed by atoms with Gasteiger partial charge in [-0.1, -0.05) is 0 Å². The number of amides is 1. The number of hydrogen-bond acceptors (Lipinski definition) is 4. The van der Waals surface area contributed by atoms with Crippen molar-refractivity contribution in [2.45, 2.75) is 57.3 Å². The summed E-state index contributed by atoms with van der Waals surface area (Å²) in [6.07, 6.45) is 2.82. The number of carbonyl (C=O) groups is 1. The normalized spacial score (nSPS) is 26.9. The lowest BCUT2D eigenvalue weighted by molar-refractivity contribution is -0.219. The number of piperidine rings is 1. The molecule has 2 N–H and O–H groups in total. The molecule has 2 aliphatic rings. The lowest BCUT2D eigenvalue weighted by atomic mass is 9.81. The number of ether oxygens (including phenoxy) is 2. The summed E-state index contributed by atoms with van der Waals surface area (Å²) < 4.78 is 11.2. The Kier molecular flexibility index (Phi) is 3.56. The molecule has 0 radical (unpaired) electrons. The number of hydrogen-bond donors (Lipinski definition) is 1. The van der Waals surface area contributed by atoms with Crippen molar-refractivity contribution in [3.05, 3.63) is 0 Å². The van der Waals surface area contributed by atoms with Gasteiger partial charge in [-0.25, -0.2) is 4.79 Å². The summed E-state index contributed by atoms with van der Waals surface area (Å²) in [7, 11) is 0. The van der Waals surface area contributed by atoms with Gasteiger partial charge >= 0.3 is 6.09 Å². The first kappa shape index (κ1) is 13.6. The molecule has 104 valence electrons. The maximum Gasteiger partial charge on any atom is 0.410 e. The Labute approximate surface area is 109 Å². The van der Waals surface area contributed by atoms with Gasteiger partial charge in [0.25, 0.3) is 0 Å². The molecule has 0 aromatic carbocycles. The van der Waals surface area contributed by atoms with Crippen molar-refractivity contribution in [3.63, 3.8) is 0 Å². The maximum atomic E-state index is 11.9. The van der Waals surface area contributed by atoms with Crippen molar-refractivity contribution in [2.75, 3.05) is 19.6 Å². The lowest BCUT2D eigenvalue weighted by Gasteiger charge is -2.51. The Morgan fingerprint density at radius 3 is 2.44 bits per heavy atom. The molecule has 5 heteroatoms. The molecule has 18 heavy (non-hydrogen) atoms. The van der Waals surface area contributed by atoms with Gasteiger partial charge in [0.05, 0.1) is 11.7 Å². The summed E-state index contributed by atoms with van der Waals surface area (Å²) >= 11 is 0. The van der Waals surface area contributed by atoms with Gasteiger partial charge in [-0.15, -0.1) is 0 Å². The van der Waals surface area contributed by atoms with Crippen LogP contribution >= 0.6 is 0 Å². The van der Waals surface area contributed by atoms with E-state index in [0.29, 0.717) is 19.6 Å². The van der Waals surface area contributed by atoms with Crippen molar-refractivity contribution >= 4 is 6.09 Å². The highest BCUT2D eigenvalue weighted by Gasteiger charge is 2.47. The minimum atomic E-state index is -0.427. The van der Waals surface area contributed by atoms with Crippen LogP contribution in [0.15, 0.2) is 0 Å². The summed E-state index contributed by atoms with van der Waals surface area (Å²) in [5, 5.41) is 0. The Balaban J connectivity index is 1.79. The Morgan fingerprint density at radius 2 is 2.00 bits per heavy atom. The van der Waals surface area contributed by atoms with Crippen LogP contribution in [-0.4, -0.2) is 47.9 Å². The monoisotopic (exact) mass is 256 g/mol. The second kappa shape index (κ2) is 4.70. The molecule has 0 bridgehead atoms. The van der Waals surface area contributed by atoms with Crippen LogP contribution < -0.4 is 5.73 Å². The van der Waals surface area contributed by atoms with Crippen molar-refractivity contribution in [1.29, 1.82) is 0 Å². The number of rotatable bonds is 1. The van der Waals surface area contributed by atoms with E-state index in [-0.39, 0.29) is 17.8 Å². The summed E-state index contributed by atoms with van der Waals surface area (Å²) in [5.74, 6) is 0. The average Bonchev–Trinajstić information content (AvgIpc) is 2.23. The fourth-order valence-electron chi connectivity index (χ4n) is 2.64. The molecule has 2 aliphatic heterocycles. The molecule has 0 aliphatic carbocycles. The quantitative estimate of drug-likeness (QED) is 0.772. The van der Waals surface area contributed by atoms with E-state index in [9.17, 15) is 4.79 Å². The van der Waals surface area contributed by atoms with Gasteiger partial charge in [0.2, 0.25) is 0 Å². The van der Waals surface area contributed by atoms with Crippen molar-refractivity contribution in [3.8, 4) is 0 Å². The smallest absolute Gasteiger partial charge is 0.410 e. The van der Waals surface area contributed by atoms with Gasteiger partial charge in [0, 0.05) is 26.1 Å². The third kappa shape index (κ3) is 2.95. The zero-order chi connectivity index (χ0) is 13.4. The maximum absolute atomic E-state index is 11.9. The first-order valence-electron chi connectivity index (χ1n) is 6.69. The minimum absolute atomic E-state index is 0.0114. The van der Waals surface area contributed by atoms with Crippen molar-refractivity contribution in [2.24, 2.45) is 5.73 Å². The van der Waals surface area contributed by atoms with Gasteiger partial charge in [-0.2, -0.15) is 0 Å². The van der Waals surface area contributed by atoms with E-state index in [2.05, 4.69) is 0 Å². The van der Waals surface area contributed by atoms with Crippen LogP contribution in [0, 0.1) is 0 Å². The van der Waals surface area contributed by atoms with Crippen LogP contribution in [0.5, 0.6) is 0 Å². The van der Waals surface area contributed by atoms with Gasteiger partial charge in [-0.3, -0.25) is 0 Å². The van der Waals surface area contributed by atoms with Crippen molar-refractivity contribution < 1.29 is 14.3 Å². The summed E-state index contributed by atoms with van der Waals surface area (Å²) in [4.78, 5) is 13.7. The highest BCUT2D eigenvalue weighted by molar-refractivity contribution is 5.68. The highest BCUT2D eigenvalue weighted by Crippen LogP contribution is 2.40. The number of carbonyl (C=O) groups excluding carboxylic acids is 1. The standard InChI is InChI=1S/C13H24N2O3/c1-12(2,3)18-11(16)15-6-4-13(5-7-15)8-10(9-14)17-13/h10H,4-9,14H2,1-3H3/t10-/m0/s1. The second-order valence-corrected chi connectivity index (χ2v) is 6.33. The number of nitrogens with zero attached hydrogens (tertiary/aromatic N) is 1. The highest BCUT2D eigenvalue weighted by atomic mass is 16.6. The average molecular weight is 256 g/mol. The Morgan fingerprint density at radius 1 is 1.44 bits per heavy atom. The van der Waals surface area contributed by atoms with Crippen LogP contribution in [0.4, 0.5) is 4.79 Å². The van der Waals surface area contributed by atoms with Gasteiger partial charge in [0.15, 0.2) is 0 Å². The molecule has 1 atom stereocenters. The molecule has 2 rings (SSSR count). The molecule has 0 aromatic rings. The van der Waals surface area contributed by atoms with E-state index in [1.807, 2.05) is 20.8 Å². The van der Waals surface area contributed by atoms with Crippen molar-refractivity contribution in [1.82, 2.24) is 4.90 Å². The molecule has 1 spiro atoms. The van der Waals surface area contributed by atoms with Crippen LogP contribution in [0.25, 0.3) is 0 Å². The molecule has 2 heterocycles. The van der Waals surface area contributed by atoms with E-state index in [0.717, 1.165) is 19.3 Å². The molecular weight excluding hydrogens is 232 g/mol. The molecule has 5 nitrogen and oxygen atoms in total. The molecule has 0 saturated carbocycles. The lowest BCUT2D eigenvalue weighted by Crippen LogP contribution is -2.59. The first-order chi connectivity index (χ1) is 8.34. The summed E-state index contributed by atoms with van der Waals surface area (Å²) in [5.41, 5.74) is 5.12. The Bertz CT molecular complexity index is 309. The molecule has 2 saturated heterocycles. The van der Waals surface area contributed by atoms with E-state index in [1.54, 1.807) is 4.90 Å². The van der Waals surface area contributed by atoms with Crippen LogP contribution in [0.3, 0.4) is 0 Å². The topological polar surface area (TPSA) is 64.8 Å². The number of nitrogens with two attached hydrogens (primary N) is 1. The molecule has 0 unspecified atom stereocenters. The van der Waals surface area contributed by atoms with E-state index < -0.39 is 5.60 Å². The zero-order valence-corrected chi connectivity index (χ0v) is 11.6. The van der Waals surface area contributed by atoms with Crippen LogP contribution in [0.1, 0.15) is 40.0 Å². The largest absolute Gasteiger partial charge is 0.444 e. The predicted molar refractivity (Wildman–Crippen MR) is 68.3 cm³/mol. The zero-order valence-electron chi connectivity index (χ0n) is 11.6. The second-order valence-electron chi connectivity index (χ2n) is 6.33. The minimum Gasteiger partial charge on any atom is -0.444 e. The van der Waals surface area contributed by atoms with E-state index in [1.165, 1.54) is 0 Å². The van der Waals surface area contributed by atoms with E-state index in [4.69, 9.17) is 15.2 Å². The van der Waals surface area contributed by atoms with Gasteiger partial charge < -0.3 is 20.1 Å². The molecule has 0 aromatic heterocycles. The van der Waals surface area contributed by atoms with Crippen LogP contribution in [0.2, 0.25) is 0 Å². The molecular formula is C13H24N2O3. The Hall–Kier alpha value is -0.810.